The van der Waals surface area contributed by atoms with Crippen molar-refractivity contribution in [2.75, 3.05) is 23.8 Å². The maximum Gasteiger partial charge on any atom is 0.411 e. The number of halogens is 2. The molecule has 0 heterocycles. The van der Waals surface area contributed by atoms with E-state index in [-0.39, 0.29) is 0 Å². The maximum absolute atomic E-state index is 11.3. The minimum atomic E-state index is -0.453. The molecule has 0 aliphatic rings. The SMILES string of the molecule is CCOC(=O)Nc1ccc(NCCc2ccc(Cl)cc2Cl)cc1. The first kappa shape index (κ1) is 17.4. The Morgan fingerprint density at radius 3 is 2.43 bits per heavy atom. The van der Waals surface area contributed by atoms with Gasteiger partial charge in [-0.3, -0.25) is 5.32 Å². The predicted molar refractivity (Wildman–Crippen MR) is 95.7 cm³/mol. The van der Waals surface area contributed by atoms with Gasteiger partial charge < -0.3 is 10.1 Å². The second-order valence-electron chi connectivity index (χ2n) is 4.84. The molecule has 6 heteroatoms. The second-order valence-corrected chi connectivity index (χ2v) is 5.68. The lowest BCUT2D eigenvalue weighted by atomic mass is 10.1. The van der Waals surface area contributed by atoms with E-state index < -0.39 is 6.09 Å². The van der Waals surface area contributed by atoms with Gasteiger partial charge in [-0.05, 0) is 55.3 Å². The molecule has 0 bridgehead atoms. The summed E-state index contributed by atoms with van der Waals surface area (Å²) in [5.74, 6) is 0. The van der Waals surface area contributed by atoms with Gasteiger partial charge in [-0.1, -0.05) is 29.3 Å². The lowest BCUT2D eigenvalue weighted by Gasteiger charge is -2.09. The van der Waals surface area contributed by atoms with E-state index in [0.29, 0.717) is 22.3 Å². The van der Waals surface area contributed by atoms with Crippen molar-refractivity contribution in [2.24, 2.45) is 0 Å². The number of benzene rings is 2. The quantitative estimate of drug-likeness (QED) is 0.749. The van der Waals surface area contributed by atoms with Gasteiger partial charge in [0.25, 0.3) is 0 Å². The fraction of sp³-hybridized carbons (Fsp3) is 0.235. The average Bonchev–Trinajstić information content (AvgIpc) is 2.51. The highest BCUT2D eigenvalue weighted by Gasteiger charge is 2.03. The van der Waals surface area contributed by atoms with E-state index in [4.69, 9.17) is 27.9 Å². The van der Waals surface area contributed by atoms with Crippen molar-refractivity contribution in [1.29, 1.82) is 0 Å². The Bertz CT molecular complexity index is 660. The summed E-state index contributed by atoms with van der Waals surface area (Å²) >= 11 is 12.0. The largest absolute Gasteiger partial charge is 0.450 e. The molecule has 2 rings (SSSR count). The zero-order chi connectivity index (χ0) is 16.7. The van der Waals surface area contributed by atoms with Crippen LogP contribution in [0.1, 0.15) is 12.5 Å². The molecule has 23 heavy (non-hydrogen) atoms. The molecule has 4 nitrogen and oxygen atoms in total. The van der Waals surface area contributed by atoms with Gasteiger partial charge in [0.2, 0.25) is 0 Å². The molecule has 1 amide bonds. The summed E-state index contributed by atoms with van der Waals surface area (Å²) < 4.78 is 4.82. The van der Waals surface area contributed by atoms with E-state index in [1.807, 2.05) is 36.4 Å². The molecule has 2 N–H and O–H groups in total. The summed E-state index contributed by atoms with van der Waals surface area (Å²) in [6.45, 7) is 2.85. The highest BCUT2D eigenvalue weighted by atomic mass is 35.5. The minimum absolute atomic E-state index is 0.346. The maximum atomic E-state index is 11.3. The average molecular weight is 353 g/mol. The molecule has 0 spiro atoms. The Kier molecular flexibility index (Phi) is 6.56. The van der Waals surface area contributed by atoms with Crippen molar-refractivity contribution < 1.29 is 9.53 Å². The number of hydrogen-bond acceptors (Lipinski definition) is 3. The molecule has 0 saturated heterocycles. The van der Waals surface area contributed by atoms with Crippen LogP contribution in [0.25, 0.3) is 0 Å². The summed E-state index contributed by atoms with van der Waals surface area (Å²) in [4.78, 5) is 11.3. The van der Waals surface area contributed by atoms with Crippen LogP contribution in [0.4, 0.5) is 16.2 Å². The third kappa shape index (κ3) is 5.66. The van der Waals surface area contributed by atoms with Gasteiger partial charge in [0.15, 0.2) is 0 Å². The van der Waals surface area contributed by atoms with Crippen LogP contribution in [-0.4, -0.2) is 19.2 Å². The highest BCUT2D eigenvalue weighted by molar-refractivity contribution is 6.35. The van der Waals surface area contributed by atoms with E-state index in [0.717, 1.165) is 24.2 Å². The van der Waals surface area contributed by atoms with E-state index in [1.165, 1.54) is 0 Å². The Morgan fingerprint density at radius 1 is 1.09 bits per heavy atom. The molecular weight excluding hydrogens is 335 g/mol. The van der Waals surface area contributed by atoms with Gasteiger partial charge in [0.05, 0.1) is 6.61 Å². The number of nitrogens with one attached hydrogen (secondary N) is 2. The Balaban J connectivity index is 1.83. The van der Waals surface area contributed by atoms with Gasteiger partial charge in [0.1, 0.15) is 0 Å². The van der Waals surface area contributed by atoms with Crippen molar-refractivity contribution in [2.45, 2.75) is 13.3 Å². The van der Waals surface area contributed by atoms with Crippen LogP contribution in [0.15, 0.2) is 42.5 Å². The summed E-state index contributed by atoms with van der Waals surface area (Å²) in [6, 6.07) is 12.9. The summed E-state index contributed by atoms with van der Waals surface area (Å²) in [6.07, 6.45) is 0.337. The first-order valence-corrected chi connectivity index (χ1v) is 8.05. The Labute approximate surface area is 145 Å². The van der Waals surface area contributed by atoms with Gasteiger partial charge in [0, 0.05) is 28.0 Å². The third-order valence-corrected chi connectivity index (χ3v) is 3.73. The molecular formula is C17H18Cl2N2O2. The van der Waals surface area contributed by atoms with E-state index in [1.54, 1.807) is 13.0 Å². The zero-order valence-electron chi connectivity index (χ0n) is 12.7. The zero-order valence-corrected chi connectivity index (χ0v) is 14.2. The van der Waals surface area contributed by atoms with Crippen molar-refractivity contribution in [3.05, 3.63) is 58.1 Å². The van der Waals surface area contributed by atoms with Crippen molar-refractivity contribution >= 4 is 40.7 Å². The van der Waals surface area contributed by atoms with Crippen molar-refractivity contribution in [3.8, 4) is 0 Å². The van der Waals surface area contributed by atoms with Crippen LogP contribution in [-0.2, 0) is 11.2 Å². The number of hydrogen-bond donors (Lipinski definition) is 2. The molecule has 0 atom stereocenters. The normalized spacial score (nSPS) is 10.2. The third-order valence-electron chi connectivity index (χ3n) is 3.15. The monoisotopic (exact) mass is 352 g/mol. The van der Waals surface area contributed by atoms with Crippen LogP contribution in [0, 0.1) is 0 Å². The van der Waals surface area contributed by atoms with Gasteiger partial charge in [-0.2, -0.15) is 0 Å². The number of carbonyl (C=O) groups excluding carboxylic acids is 1. The molecule has 122 valence electrons. The second kappa shape index (κ2) is 8.65. The van der Waals surface area contributed by atoms with Crippen molar-refractivity contribution in [3.63, 3.8) is 0 Å². The van der Waals surface area contributed by atoms with Gasteiger partial charge in [-0.15, -0.1) is 0 Å². The van der Waals surface area contributed by atoms with E-state index >= 15 is 0 Å². The van der Waals surface area contributed by atoms with Gasteiger partial charge >= 0.3 is 6.09 Å². The Morgan fingerprint density at radius 2 is 1.78 bits per heavy atom. The van der Waals surface area contributed by atoms with Crippen LogP contribution >= 0.6 is 23.2 Å². The lowest BCUT2D eigenvalue weighted by Crippen LogP contribution is -2.13. The predicted octanol–water partition coefficient (Wildman–Crippen LogP) is 5.22. The number of ether oxygens (including phenoxy) is 1. The lowest BCUT2D eigenvalue weighted by molar-refractivity contribution is 0.168. The standard InChI is InChI=1S/C17H18Cl2N2O2/c1-2-23-17(22)21-15-7-5-14(6-8-15)20-10-9-12-3-4-13(18)11-16(12)19/h3-8,11,20H,2,9-10H2,1H3,(H,21,22). The van der Waals surface area contributed by atoms with E-state index in [9.17, 15) is 4.79 Å². The van der Waals surface area contributed by atoms with Crippen LogP contribution < -0.4 is 10.6 Å². The summed E-state index contributed by atoms with van der Waals surface area (Å²) in [5.41, 5.74) is 2.70. The molecule has 2 aromatic rings. The highest BCUT2D eigenvalue weighted by Crippen LogP contribution is 2.21. The number of carbonyl (C=O) groups is 1. The molecule has 0 saturated carbocycles. The molecule has 0 aliphatic carbocycles. The first-order valence-electron chi connectivity index (χ1n) is 7.30. The fourth-order valence-corrected chi connectivity index (χ4v) is 2.53. The molecule has 0 fully saturated rings. The molecule has 0 radical (unpaired) electrons. The molecule has 0 aliphatic heterocycles. The smallest absolute Gasteiger partial charge is 0.411 e. The summed E-state index contributed by atoms with van der Waals surface area (Å²) in [7, 11) is 0. The fourth-order valence-electron chi connectivity index (χ4n) is 2.02. The number of amides is 1. The van der Waals surface area contributed by atoms with Gasteiger partial charge in [-0.25, -0.2) is 4.79 Å². The van der Waals surface area contributed by atoms with Crippen molar-refractivity contribution in [1.82, 2.24) is 0 Å². The first-order chi connectivity index (χ1) is 11.1. The van der Waals surface area contributed by atoms with Crippen LogP contribution in [0.3, 0.4) is 0 Å². The number of anilines is 2. The molecule has 0 unspecified atom stereocenters. The van der Waals surface area contributed by atoms with E-state index in [2.05, 4.69) is 10.6 Å². The molecule has 2 aromatic carbocycles. The van der Waals surface area contributed by atoms with Crippen LogP contribution in [0.5, 0.6) is 0 Å². The molecule has 0 aromatic heterocycles. The topological polar surface area (TPSA) is 50.4 Å². The minimum Gasteiger partial charge on any atom is -0.450 e. The number of rotatable bonds is 6. The van der Waals surface area contributed by atoms with Crippen LogP contribution in [0.2, 0.25) is 10.0 Å². The Hall–Kier alpha value is -1.91. The summed E-state index contributed by atoms with van der Waals surface area (Å²) in [5, 5.41) is 7.26.